The highest BCUT2D eigenvalue weighted by Gasteiger charge is 2.08. The summed E-state index contributed by atoms with van der Waals surface area (Å²) in [4.78, 5) is 10.2. The van der Waals surface area contributed by atoms with E-state index in [0.29, 0.717) is 0 Å². The van der Waals surface area contributed by atoms with Gasteiger partial charge in [0.25, 0.3) is 0 Å². The number of rotatable bonds is 2. The second-order valence-electron chi connectivity index (χ2n) is 1.66. The molecule has 1 N–H and O–H groups in total. The highest BCUT2D eigenvalue weighted by Crippen LogP contribution is 2.08. The van der Waals surface area contributed by atoms with Gasteiger partial charge in [0.1, 0.15) is 5.01 Å². The fourth-order valence-electron chi connectivity index (χ4n) is 0.483. The average Bonchev–Trinajstić information content (AvgIpc) is 2.34. The summed E-state index contributed by atoms with van der Waals surface area (Å²) in [6, 6.07) is 0. The smallest absolute Gasteiger partial charge is 0.367 e. The van der Waals surface area contributed by atoms with Crippen molar-refractivity contribution in [3.05, 3.63) is 10.0 Å². The standard InChI is InChI=1S/C5H6N2O2S/c1-2-3-6-7-4(10-3)5(8)9/h2H2,1H3,(H,8,9). The summed E-state index contributed by atoms with van der Waals surface area (Å²) in [7, 11) is 0. The molecule has 0 saturated carbocycles. The molecule has 0 saturated heterocycles. The number of aromatic nitrogens is 2. The Hall–Kier alpha value is -0.970. The van der Waals surface area contributed by atoms with Crippen LogP contribution in [0.3, 0.4) is 0 Å². The molecule has 0 bridgehead atoms. The van der Waals surface area contributed by atoms with Gasteiger partial charge in [0, 0.05) is 0 Å². The summed E-state index contributed by atoms with van der Waals surface area (Å²) < 4.78 is 0. The zero-order chi connectivity index (χ0) is 7.56. The first-order chi connectivity index (χ1) is 4.74. The Morgan fingerprint density at radius 1 is 1.70 bits per heavy atom. The van der Waals surface area contributed by atoms with E-state index in [1.54, 1.807) is 0 Å². The summed E-state index contributed by atoms with van der Waals surface area (Å²) in [5.41, 5.74) is 0. The molecule has 0 amide bonds. The van der Waals surface area contributed by atoms with Crippen LogP contribution in [0.15, 0.2) is 0 Å². The normalized spacial score (nSPS) is 9.70. The Kier molecular flexibility index (Phi) is 1.96. The monoisotopic (exact) mass is 158 g/mol. The number of carboxylic acids is 1. The molecule has 54 valence electrons. The summed E-state index contributed by atoms with van der Waals surface area (Å²) >= 11 is 1.12. The minimum absolute atomic E-state index is 0.0665. The number of carbonyl (C=O) groups is 1. The number of hydrogen-bond acceptors (Lipinski definition) is 4. The first-order valence-electron chi connectivity index (χ1n) is 2.79. The van der Waals surface area contributed by atoms with Crippen LogP contribution in [0.1, 0.15) is 21.7 Å². The second-order valence-corrected chi connectivity index (χ2v) is 2.72. The SMILES string of the molecule is CCc1nnc(C(=O)O)s1. The molecule has 0 aliphatic carbocycles. The number of carboxylic acid groups (broad SMARTS) is 1. The maximum absolute atomic E-state index is 10.2. The van der Waals surface area contributed by atoms with E-state index in [9.17, 15) is 4.79 Å². The lowest BCUT2D eigenvalue weighted by atomic mass is 10.5. The van der Waals surface area contributed by atoms with Crippen LogP contribution < -0.4 is 0 Å². The molecule has 4 nitrogen and oxygen atoms in total. The molecule has 5 heteroatoms. The largest absolute Gasteiger partial charge is 0.476 e. The fourth-order valence-corrected chi connectivity index (χ4v) is 1.10. The van der Waals surface area contributed by atoms with E-state index in [2.05, 4.69) is 10.2 Å². The van der Waals surface area contributed by atoms with E-state index in [4.69, 9.17) is 5.11 Å². The molecule has 0 spiro atoms. The minimum atomic E-state index is -1.00. The molecule has 1 aromatic heterocycles. The fraction of sp³-hybridized carbons (Fsp3) is 0.400. The summed E-state index contributed by atoms with van der Waals surface area (Å²) in [6.45, 7) is 1.91. The van der Waals surface area contributed by atoms with Crippen molar-refractivity contribution < 1.29 is 9.90 Å². The molecular formula is C5H6N2O2S. The molecule has 1 aromatic rings. The maximum atomic E-state index is 10.2. The first kappa shape index (κ1) is 7.14. The maximum Gasteiger partial charge on any atom is 0.367 e. The zero-order valence-electron chi connectivity index (χ0n) is 5.37. The van der Waals surface area contributed by atoms with Gasteiger partial charge in [0.05, 0.1) is 0 Å². The predicted octanol–water partition coefficient (Wildman–Crippen LogP) is 0.799. The van der Waals surface area contributed by atoms with E-state index >= 15 is 0 Å². The van der Waals surface area contributed by atoms with Crippen LogP contribution in [0, 0.1) is 0 Å². The van der Waals surface area contributed by atoms with Crippen LogP contribution in [-0.4, -0.2) is 21.3 Å². The van der Waals surface area contributed by atoms with E-state index in [0.717, 1.165) is 22.8 Å². The zero-order valence-corrected chi connectivity index (χ0v) is 6.18. The number of aromatic carboxylic acids is 1. The van der Waals surface area contributed by atoms with Gasteiger partial charge in [0.2, 0.25) is 5.01 Å². The van der Waals surface area contributed by atoms with E-state index in [-0.39, 0.29) is 5.01 Å². The Balaban J connectivity index is 2.88. The van der Waals surface area contributed by atoms with Crippen molar-refractivity contribution >= 4 is 17.3 Å². The topological polar surface area (TPSA) is 63.1 Å². The molecule has 0 aromatic carbocycles. The van der Waals surface area contributed by atoms with Crippen LogP contribution in [0.2, 0.25) is 0 Å². The Morgan fingerprint density at radius 3 is 2.70 bits per heavy atom. The first-order valence-corrected chi connectivity index (χ1v) is 3.61. The number of hydrogen-bond donors (Lipinski definition) is 1. The lowest BCUT2D eigenvalue weighted by molar-refractivity contribution is 0.0695. The molecule has 0 atom stereocenters. The van der Waals surface area contributed by atoms with Crippen LogP contribution in [0.4, 0.5) is 0 Å². The molecule has 10 heavy (non-hydrogen) atoms. The van der Waals surface area contributed by atoms with Gasteiger partial charge in [0.15, 0.2) is 0 Å². The highest BCUT2D eigenvalue weighted by atomic mass is 32.1. The van der Waals surface area contributed by atoms with Crippen LogP contribution in [0.5, 0.6) is 0 Å². The molecule has 0 aliphatic heterocycles. The third-order valence-electron chi connectivity index (χ3n) is 0.952. The van der Waals surface area contributed by atoms with Gasteiger partial charge < -0.3 is 5.11 Å². The number of nitrogens with zero attached hydrogens (tertiary/aromatic N) is 2. The lowest BCUT2D eigenvalue weighted by Crippen LogP contribution is -1.93. The van der Waals surface area contributed by atoms with Crippen molar-refractivity contribution in [1.82, 2.24) is 10.2 Å². The molecular weight excluding hydrogens is 152 g/mol. The van der Waals surface area contributed by atoms with Crippen LogP contribution in [-0.2, 0) is 6.42 Å². The minimum Gasteiger partial charge on any atom is -0.476 e. The van der Waals surface area contributed by atoms with Crippen LogP contribution in [0.25, 0.3) is 0 Å². The van der Waals surface area contributed by atoms with Gasteiger partial charge in [-0.2, -0.15) is 0 Å². The molecule has 1 heterocycles. The van der Waals surface area contributed by atoms with Gasteiger partial charge in [-0.3, -0.25) is 0 Å². The van der Waals surface area contributed by atoms with E-state index in [1.165, 1.54) is 0 Å². The summed E-state index contributed by atoms with van der Waals surface area (Å²) in [5, 5.41) is 16.3. The quantitative estimate of drug-likeness (QED) is 0.691. The van der Waals surface area contributed by atoms with Crippen molar-refractivity contribution in [2.24, 2.45) is 0 Å². The van der Waals surface area contributed by atoms with Crippen molar-refractivity contribution in [2.45, 2.75) is 13.3 Å². The second kappa shape index (κ2) is 2.74. The van der Waals surface area contributed by atoms with Gasteiger partial charge >= 0.3 is 5.97 Å². The van der Waals surface area contributed by atoms with Crippen molar-refractivity contribution in [2.75, 3.05) is 0 Å². The Labute approximate surface area is 61.5 Å². The van der Waals surface area contributed by atoms with Crippen molar-refractivity contribution in [1.29, 1.82) is 0 Å². The average molecular weight is 158 g/mol. The van der Waals surface area contributed by atoms with Crippen molar-refractivity contribution in [3.63, 3.8) is 0 Å². The van der Waals surface area contributed by atoms with E-state index in [1.807, 2.05) is 6.92 Å². The summed E-state index contributed by atoms with van der Waals surface area (Å²) in [6.07, 6.45) is 0.741. The molecule has 0 fully saturated rings. The Morgan fingerprint density at radius 2 is 2.40 bits per heavy atom. The van der Waals surface area contributed by atoms with Gasteiger partial charge in [-0.15, -0.1) is 10.2 Å². The lowest BCUT2D eigenvalue weighted by Gasteiger charge is -1.78. The third-order valence-corrected chi connectivity index (χ3v) is 2.01. The van der Waals surface area contributed by atoms with Gasteiger partial charge in [-0.1, -0.05) is 18.3 Å². The third kappa shape index (κ3) is 1.30. The van der Waals surface area contributed by atoms with Crippen LogP contribution >= 0.6 is 11.3 Å². The van der Waals surface area contributed by atoms with Gasteiger partial charge in [-0.05, 0) is 6.42 Å². The Bertz CT molecular complexity index is 246. The van der Waals surface area contributed by atoms with Gasteiger partial charge in [-0.25, -0.2) is 4.79 Å². The van der Waals surface area contributed by atoms with Crippen molar-refractivity contribution in [3.8, 4) is 0 Å². The predicted molar refractivity (Wildman–Crippen MR) is 36.2 cm³/mol. The molecule has 1 rings (SSSR count). The molecule has 0 aliphatic rings. The van der Waals surface area contributed by atoms with E-state index < -0.39 is 5.97 Å². The molecule has 0 unspecified atom stereocenters. The summed E-state index contributed by atoms with van der Waals surface area (Å²) in [5.74, 6) is -1.00. The highest BCUT2D eigenvalue weighted by molar-refractivity contribution is 7.13. The molecule has 0 radical (unpaired) electrons. The number of aryl methyl sites for hydroxylation is 1.